The Morgan fingerprint density at radius 1 is 1.39 bits per heavy atom. The molecule has 1 aromatic rings. The van der Waals surface area contributed by atoms with Gasteiger partial charge in [-0.05, 0) is 25.3 Å². The lowest BCUT2D eigenvalue weighted by Gasteiger charge is -2.23. The lowest BCUT2D eigenvalue weighted by atomic mass is 9.96. The molecule has 0 radical (unpaired) electrons. The highest BCUT2D eigenvalue weighted by atomic mass is 127. The number of benzene rings is 1. The highest BCUT2D eigenvalue weighted by Crippen LogP contribution is 2.23. The highest BCUT2D eigenvalue weighted by Gasteiger charge is 2.15. The first-order chi connectivity index (χ1) is 10.6. The topological polar surface area (TPSA) is 93.5 Å². The van der Waals surface area contributed by atoms with Crippen LogP contribution in [0.4, 0.5) is 5.69 Å². The lowest BCUT2D eigenvalue weighted by Crippen LogP contribution is -2.41. The number of halogens is 2. The predicted molar refractivity (Wildman–Crippen MR) is 104 cm³/mol. The van der Waals surface area contributed by atoms with Crippen LogP contribution in [0.5, 0.6) is 0 Å². The summed E-state index contributed by atoms with van der Waals surface area (Å²) in [5.41, 5.74) is 6.52. The average Bonchev–Trinajstić information content (AvgIpc) is 2.49. The van der Waals surface area contributed by atoms with Crippen molar-refractivity contribution in [2.75, 3.05) is 6.54 Å². The summed E-state index contributed by atoms with van der Waals surface area (Å²) < 4.78 is 0. The first-order valence-corrected chi connectivity index (χ1v) is 7.93. The van der Waals surface area contributed by atoms with Crippen molar-refractivity contribution in [2.24, 2.45) is 10.7 Å². The van der Waals surface area contributed by atoms with E-state index in [1.165, 1.54) is 25.3 Å². The molecule has 6 nitrogen and oxygen atoms in total. The van der Waals surface area contributed by atoms with Gasteiger partial charge in [0, 0.05) is 29.2 Å². The molecule has 1 aliphatic rings. The fourth-order valence-electron chi connectivity index (χ4n) is 2.72. The fourth-order valence-corrected chi connectivity index (χ4v) is 2.88. The van der Waals surface area contributed by atoms with Crippen molar-refractivity contribution >= 4 is 47.2 Å². The molecule has 128 valence electrons. The number of hydrogen-bond acceptors (Lipinski definition) is 3. The van der Waals surface area contributed by atoms with Gasteiger partial charge in [0.25, 0.3) is 5.69 Å². The summed E-state index contributed by atoms with van der Waals surface area (Å²) in [7, 11) is 0. The summed E-state index contributed by atoms with van der Waals surface area (Å²) in [6.45, 7) is 0.411. The second-order valence-corrected chi connectivity index (χ2v) is 5.96. The molecule has 23 heavy (non-hydrogen) atoms. The van der Waals surface area contributed by atoms with Crippen LogP contribution in [0, 0.1) is 10.1 Å². The second kappa shape index (κ2) is 9.92. The Hall–Kier alpha value is -1.09. The smallest absolute Gasteiger partial charge is 0.274 e. The monoisotopic (exact) mass is 452 g/mol. The zero-order chi connectivity index (χ0) is 15.9. The Labute approximate surface area is 158 Å². The minimum Gasteiger partial charge on any atom is -0.370 e. The number of nitrogens with one attached hydrogen (secondary N) is 1. The van der Waals surface area contributed by atoms with Crippen LogP contribution >= 0.6 is 35.6 Å². The molecular weight excluding hydrogens is 431 g/mol. The number of nitrogens with two attached hydrogens (primary N) is 1. The maximum atomic E-state index is 11.0. The van der Waals surface area contributed by atoms with E-state index in [0.29, 0.717) is 35.6 Å². The SMILES string of the molecule is I.NC(=NCCc1ccc(Cl)cc1[N+](=O)[O-])NC1CCCCC1. The number of aliphatic imine (C=N–C) groups is 1. The molecule has 0 amide bonds. The third-order valence-electron chi connectivity index (χ3n) is 3.86. The minimum absolute atomic E-state index is 0. The van der Waals surface area contributed by atoms with E-state index in [0.717, 1.165) is 12.8 Å². The molecule has 0 unspecified atom stereocenters. The van der Waals surface area contributed by atoms with Gasteiger partial charge >= 0.3 is 0 Å². The summed E-state index contributed by atoms with van der Waals surface area (Å²) >= 11 is 5.79. The molecule has 2 rings (SSSR count). The molecule has 0 heterocycles. The van der Waals surface area contributed by atoms with Crippen molar-refractivity contribution in [1.29, 1.82) is 0 Å². The number of hydrogen-bond donors (Lipinski definition) is 2. The van der Waals surface area contributed by atoms with E-state index in [-0.39, 0.29) is 29.7 Å². The van der Waals surface area contributed by atoms with Crippen LogP contribution < -0.4 is 11.1 Å². The summed E-state index contributed by atoms with van der Waals surface area (Å²) in [5, 5.41) is 14.6. The van der Waals surface area contributed by atoms with E-state index < -0.39 is 4.92 Å². The molecule has 8 heteroatoms. The lowest BCUT2D eigenvalue weighted by molar-refractivity contribution is -0.385. The van der Waals surface area contributed by atoms with Gasteiger partial charge in [-0.2, -0.15) is 0 Å². The number of nitro benzene ring substituents is 1. The maximum absolute atomic E-state index is 11.0. The molecule has 0 atom stereocenters. The zero-order valence-electron chi connectivity index (χ0n) is 12.8. The standard InChI is InChI=1S/C15H21ClN4O2.HI/c16-12-7-6-11(14(10-12)20(21)22)8-9-18-15(17)19-13-4-2-1-3-5-13;/h6-7,10,13H,1-5,8-9H2,(H3,17,18,19);1H. The Bertz CT molecular complexity index is 562. The van der Waals surface area contributed by atoms with E-state index in [9.17, 15) is 10.1 Å². The van der Waals surface area contributed by atoms with Gasteiger partial charge in [0.2, 0.25) is 0 Å². The fraction of sp³-hybridized carbons (Fsp3) is 0.533. The van der Waals surface area contributed by atoms with Crippen LogP contribution in [0.3, 0.4) is 0 Å². The summed E-state index contributed by atoms with van der Waals surface area (Å²) in [6.07, 6.45) is 6.44. The summed E-state index contributed by atoms with van der Waals surface area (Å²) in [5.74, 6) is 0.420. The molecule has 0 spiro atoms. The highest BCUT2D eigenvalue weighted by molar-refractivity contribution is 14.0. The third kappa shape index (κ3) is 6.50. The molecule has 1 aliphatic carbocycles. The van der Waals surface area contributed by atoms with Crippen molar-refractivity contribution in [3.8, 4) is 0 Å². The molecular formula is C15H22ClIN4O2. The van der Waals surface area contributed by atoms with Crippen LogP contribution in [0.2, 0.25) is 5.02 Å². The molecule has 0 aromatic heterocycles. The van der Waals surface area contributed by atoms with Crippen molar-refractivity contribution in [1.82, 2.24) is 5.32 Å². The van der Waals surface area contributed by atoms with Gasteiger partial charge in [-0.15, -0.1) is 24.0 Å². The van der Waals surface area contributed by atoms with E-state index in [4.69, 9.17) is 17.3 Å². The van der Waals surface area contributed by atoms with Crippen molar-refractivity contribution in [3.63, 3.8) is 0 Å². The zero-order valence-corrected chi connectivity index (χ0v) is 15.9. The Kier molecular flexibility index (Phi) is 8.60. The number of nitro groups is 1. The van der Waals surface area contributed by atoms with Gasteiger partial charge in [0.1, 0.15) is 0 Å². The van der Waals surface area contributed by atoms with Crippen LogP contribution in [-0.2, 0) is 6.42 Å². The molecule has 1 saturated carbocycles. The van der Waals surface area contributed by atoms with E-state index in [1.54, 1.807) is 12.1 Å². The van der Waals surface area contributed by atoms with Gasteiger partial charge < -0.3 is 11.1 Å². The first kappa shape index (κ1) is 20.0. The van der Waals surface area contributed by atoms with E-state index in [2.05, 4.69) is 10.3 Å². The first-order valence-electron chi connectivity index (χ1n) is 7.55. The van der Waals surface area contributed by atoms with Gasteiger partial charge in [-0.25, -0.2) is 0 Å². The van der Waals surface area contributed by atoms with Crippen LogP contribution in [0.1, 0.15) is 37.7 Å². The molecule has 1 fully saturated rings. The second-order valence-electron chi connectivity index (χ2n) is 5.53. The third-order valence-corrected chi connectivity index (χ3v) is 4.10. The van der Waals surface area contributed by atoms with E-state index >= 15 is 0 Å². The quantitative estimate of drug-likeness (QED) is 0.234. The Morgan fingerprint density at radius 3 is 2.74 bits per heavy atom. The predicted octanol–water partition coefficient (Wildman–Crippen LogP) is 3.65. The largest absolute Gasteiger partial charge is 0.370 e. The average molecular weight is 453 g/mol. The maximum Gasteiger partial charge on any atom is 0.274 e. The molecule has 0 saturated heterocycles. The van der Waals surface area contributed by atoms with Crippen molar-refractivity contribution in [3.05, 3.63) is 38.9 Å². The van der Waals surface area contributed by atoms with E-state index in [1.807, 2.05) is 0 Å². The van der Waals surface area contributed by atoms with Crippen LogP contribution in [0.25, 0.3) is 0 Å². The summed E-state index contributed by atoms with van der Waals surface area (Å²) in [4.78, 5) is 14.8. The van der Waals surface area contributed by atoms with Gasteiger partial charge in [-0.1, -0.05) is 36.9 Å². The molecule has 0 aliphatic heterocycles. The minimum atomic E-state index is -0.422. The molecule has 0 bridgehead atoms. The number of rotatable bonds is 5. The van der Waals surface area contributed by atoms with Crippen molar-refractivity contribution in [2.45, 2.75) is 44.6 Å². The van der Waals surface area contributed by atoms with Crippen molar-refractivity contribution < 1.29 is 4.92 Å². The number of guanidine groups is 1. The van der Waals surface area contributed by atoms with Gasteiger partial charge in [0.15, 0.2) is 5.96 Å². The van der Waals surface area contributed by atoms with Crippen LogP contribution in [-0.4, -0.2) is 23.5 Å². The molecule has 1 aromatic carbocycles. The normalized spacial score (nSPS) is 15.8. The molecule has 3 N–H and O–H groups in total. The van der Waals surface area contributed by atoms with Gasteiger partial charge in [-0.3, -0.25) is 15.1 Å². The number of nitrogens with zero attached hydrogens (tertiary/aromatic N) is 2. The Balaban J connectivity index is 0.00000264. The van der Waals surface area contributed by atoms with Crippen LogP contribution in [0.15, 0.2) is 23.2 Å². The summed E-state index contributed by atoms with van der Waals surface area (Å²) in [6, 6.07) is 5.09. The van der Waals surface area contributed by atoms with Gasteiger partial charge in [0.05, 0.1) is 4.92 Å². The Morgan fingerprint density at radius 2 is 2.09 bits per heavy atom.